The molecule has 0 atom stereocenters. The summed E-state index contributed by atoms with van der Waals surface area (Å²) in [5, 5.41) is 2.90. The van der Waals surface area contributed by atoms with E-state index in [0.717, 1.165) is 5.56 Å². The number of nitrogens with one attached hydrogen (secondary N) is 1. The van der Waals surface area contributed by atoms with Crippen LogP contribution in [0.25, 0.3) is 0 Å². The van der Waals surface area contributed by atoms with Crippen LogP contribution in [0.3, 0.4) is 0 Å². The minimum absolute atomic E-state index is 0. The third kappa shape index (κ3) is 4.83. The highest BCUT2D eigenvalue weighted by Gasteiger charge is 2.30. The zero-order valence-electron chi connectivity index (χ0n) is 13.4. The number of halogens is 1. The van der Waals surface area contributed by atoms with Gasteiger partial charge in [0.05, 0.1) is 5.75 Å². The Kier molecular flexibility index (Phi) is 6.85. The Morgan fingerprint density at radius 2 is 1.96 bits per heavy atom. The molecule has 1 heterocycles. The van der Waals surface area contributed by atoms with E-state index in [1.807, 2.05) is 13.0 Å². The van der Waals surface area contributed by atoms with E-state index in [1.54, 1.807) is 19.1 Å². The number of hydrogen-bond donors (Lipinski definition) is 2. The fourth-order valence-electron chi connectivity index (χ4n) is 2.59. The Balaban J connectivity index is 0.00000264. The van der Waals surface area contributed by atoms with Gasteiger partial charge in [-0.1, -0.05) is 6.07 Å². The average molecular weight is 362 g/mol. The number of nitrogen functional groups attached to an aromatic ring is 1. The Morgan fingerprint density at radius 1 is 1.35 bits per heavy atom. The number of nitrogens with zero attached hydrogens (tertiary/aromatic N) is 1. The second-order valence-electron chi connectivity index (χ2n) is 5.64. The first-order valence-electron chi connectivity index (χ1n) is 7.48. The fraction of sp³-hybridized carbons (Fsp3) is 0.533. The van der Waals surface area contributed by atoms with Gasteiger partial charge in [0.1, 0.15) is 0 Å². The van der Waals surface area contributed by atoms with Crippen LogP contribution in [0.1, 0.15) is 25.3 Å². The number of rotatable bonds is 4. The molecule has 2 rings (SSSR count). The Morgan fingerprint density at radius 3 is 2.52 bits per heavy atom. The van der Waals surface area contributed by atoms with Gasteiger partial charge in [-0.2, -0.15) is 0 Å². The molecule has 0 spiro atoms. The first-order chi connectivity index (χ1) is 10.3. The van der Waals surface area contributed by atoms with Gasteiger partial charge in [0.2, 0.25) is 15.9 Å². The molecule has 0 bridgehead atoms. The minimum Gasteiger partial charge on any atom is -0.399 e. The van der Waals surface area contributed by atoms with Crippen molar-refractivity contribution in [2.45, 2.75) is 26.7 Å². The number of benzene rings is 1. The molecule has 6 nitrogen and oxygen atoms in total. The lowest BCUT2D eigenvalue weighted by Crippen LogP contribution is -2.42. The summed E-state index contributed by atoms with van der Waals surface area (Å²) in [5.74, 6) is -0.127. The van der Waals surface area contributed by atoms with Crippen molar-refractivity contribution in [2.24, 2.45) is 5.92 Å². The molecule has 23 heavy (non-hydrogen) atoms. The summed E-state index contributed by atoms with van der Waals surface area (Å²) in [6.45, 7) is 4.36. The van der Waals surface area contributed by atoms with Crippen LogP contribution in [0.2, 0.25) is 0 Å². The molecule has 130 valence electrons. The zero-order valence-corrected chi connectivity index (χ0v) is 15.0. The Hall–Kier alpha value is -1.31. The molecule has 0 radical (unpaired) electrons. The lowest BCUT2D eigenvalue weighted by atomic mass is 9.97. The molecule has 0 saturated carbocycles. The van der Waals surface area contributed by atoms with Crippen LogP contribution < -0.4 is 11.1 Å². The normalized spacial score (nSPS) is 16.6. The van der Waals surface area contributed by atoms with Gasteiger partial charge in [0, 0.05) is 30.4 Å². The van der Waals surface area contributed by atoms with Gasteiger partial charge in [-0.3, -0.25) is 4.79 Å². The van der Waals surface area contributed by atoms with E-state index in [2.05, 4.69) is 5.32 Å². The highest BCUT2D eigenvalue weighted by atomic mass is 35.5. The summed E-state index contributed by atoms with van der Waals surface area (Å²) in [4.78, 5) is 12.3. The number of nitrogens with two attached hydrogens (primary N) is 1. The van der Waals surface area contributed by atoms with E-state index in [4.69, 9.17) is 5.73 Å². The number of aryl methyl sites for hydroxylation is 1. The van der Waals surface area contributed by atoms with Crippen molar-refractivity contribution in [1.29, 1.82) is 0 Å². The third-order valence-corrected chi connectivity index (χ3v) is 5.98. The van der Waals surface area contributed by atoms with E-state index in [9.17, 15) is 13.2 Å². The van der Waals surface area contributed by atoms with E-state index < -0.39 is 10.0 Å². The van der Waals surface area contributed by atoms with Crippen molar-refractivity contribution in [1.82, 2.24) is 4.31 Å². The molecule has 1 aliphatic heterocycles. The van der Waals surface area contributed by atoms with E-state index in [0.29, 0.717) is 37.3 Å². The lowest BCUT2D eigenvalue weighted by Gasteiger charge is -2.30. The molecule has 0 aromatic heterocycles. The van der Waals surface area contributed by atoms with Crippen molar-refractivity contribution in [3.8, 4) is 0 Å². The minimum atomic E-state index is -3.16. The average Bonchev–Trinajstić information content (AvgIpc) is 2.51. The largest absolute Gasteiger partial charge is 0.399 e. The maximum Gasteiger partial charge on any atom is 0.227 e. The summed E-state index contributed by atoms with van der Waals surface area (Å²) in [7, 11) is -3.16. The molecule has 3 N–H and O–H groups in total. The molecule has 8 heteroatoms. The predicted molar refractivity (Wildman–Crippen MR) is 95.2 cm³/mol. The van der Waals surface area contributed by atoms with Gasteiger partial charge in [-0.15, -0.1) is 12.4 Å². The summed E-state index contributed by atoms with van der Waals surface area (Å²) in [5.41, 5.74) is 8.01. The second-order valence-corrected chi connectivity index (χ2v) is 7.90. The molecule has 1 fully saturated rings. The van der Waals surface area contributed by atoms with Crippen LogP contribution in [-0.4, -0.2) is 37.5 Å². The number of anilines is 2. The molecular weight excluding hydrogens is 338 g/mol. The van der Waals surface area contributed by atoms with E-state index in [-0.39, 0.29) is 30.0 Å². The summed E-state index contributed by atoms with van der Waals surface area (Å²) < 4.78 is 25.1. The molecule has 0 aliphatic carbocycles. The van der Waals surface area contributed by atoms with Gasteiger partial charge < -0.3 is 11.1 Å². The summed E-state index contributed by atoms with van der Waals surface area (Å²) in [6.07, 6.45) is 1.10. The van der Waals surface area contributed by atoms with Crippen molar-refractivity contribution < 1.29 is 13.2 Å². The molecule has 1 saturated heterocycles. The maximum absolute atomic E-state index is 12.3. The maximum atomic E-state index is 12.3. The van der Waals surface area contributed by atoms with Crippen LogP contribution in [-0.2, 0) is 14.8 Å². The quantitative estimate of drug-likeness (QED) is 0.802. The van der Waals surface area contributed by atoms with Gasteiger partial charge in [0.15, 0.2) is 0 Å². The first kappa shape index (κ1) is 19.7. The van der Waals surface area contributed by atoms with Crippen molar-refractivity contribution >= 4 is 39.7 Å². The highest BCUT2D eigenvalue weighted by molar-refractivity contribution is 7.89. The van der Waals surface area contributed by atoms with Crippen molar-refractivity contribution in [2.75, 3.05) is 29.9 Å². The lowest BCUT2D eigenvalue weighted by molar-refractivity contribution is -0.120. The highest BCUT2D eigenvalue weighted by Crippen LogP contribution is 2.23. The smallest absolute Gasteiger partial charge is 0.227 e. The van der Waals surface area contributed by atoms with Crippen LogP contribution >= 0.6 is 12.4 Å². The zero-order chi connectivity index (χ0) is 16.3. The first-order valence-corrected chi connectivity index (χ1v) is 9.09. The van der Waals surface area contributed by atoms with Gasteiger partial charge >= 0.3 is 0 Å². The van der Waals surface area contributed by atoms with Crippen molar-refractivity contribution in [3.05, 3.63) is 23.8 Å². The van der Waals surface area contributed by atoms with Crippen LogP contribution in [0.5, 0.6) is 0 Å². The Labute approximate surface area is 143 Å². The van der Waals surface area contributed by atoms with Gasteiger partial charge in [0.25, 0.3) is 0 Å². The molecule has 1 aliphatic rings. The summed E-state index contributed by atoms with van der Waals surface area (Å²) in [6, 6.07) is 5.39. The molecule has 1 aromatic rings. The van der Waals surface area contributed by atoms with Crippen molar-refractivity contribution in [3.63, 3.8) is 0 Å². The fourth-order valence-corrected chi connectivity index (χ4v) is 3.72. The number of hydrogen-bond acceptors (Lipinski definition) is 4. The standard InChI is InChI=1S/C15H23N3O3S.ClH/c1-3-22(20,21)18-8-6-12(7-9-18)15(19)17-14-10-13(16)5-4-11(14)2;/h4-5,10,12H,3,6-9,16H2,1-2H3,(H,17,19);1H. The van der Waals surface area contributed by atoms with Gasteiger partial charge in [-0.05, 0) is 44.4 Å². The number of sulfonamides is 1. The molecule has 1 aromatic carbocycles. The van der Waals surface area contributed by atoms with E-state index in [1.165, 1.54) is 4.31 Å². The monoisotopic (exact) mass is 361 g/mol. The number of carbonyl (C=O) groups is 1. The SMILES string of the molecule is CCS(=O)(=O)N1CCC(C(=O)Nc2cc(N)ccc2C)CC1.Cl. The third-order valence-electron chi connectivity index (χ3n) is 4.10. The van der Waals surface area contributed by atoms with Crippen LogP contribution in [0, 0.1) is 12.8 Å². The molecular formula is C15H24ClN3O3S. The van der Waals surface area contributed by atoms with Gasteiger partial charge in [-0.25, -0.2) is 12.7 Å². The number of piperidine rings is 1. The van der Waals surface area contributed by atoms with Crippen LogP contribution in [0.4, 0.5) is 11.4 Å². The van der Waals surface area contributed by atoms with E-state index >= 15 is 0 Å². The number of amides is 1. The predicted octanol–water partition coefficient (Wildman–Crippen LogP) is 2.00. The molecule has 0 unspecified atom stereocenters. The summed E-state index contributed by atoms with van der Waals surface area (Å²) >= 11 is 0. The molecule has 1 amide bonds. The van der Waals surface area contributed by atoms with Crippen LogP contribution in [0.15, 0.2) is 18.2 Å². The Bertz CT molecular complexity index is 656. The number of carbonyl (C=O) groups excluding carboxylic acids is 1. The second kappa shape index (κ2) is 7.99. The topological polar surface area (TPSA) is 92.5 Å².